The van der Waals surface area contributed by atoms with Crippen LogP contribution in [0.15, 0.2) is 103 Å². The Bertz CT molecular complexity index is 2710. The zero-order valence-corrected chi connectivity index (χ0v) is 33.4. The smallest absolute Gasteiger partial charge is 0.407 e. The van der Waals surface area contributed by atoms with Crippen LogP contribution in [0.25, 0.3) is 55.0 Å². The Morgan fingerprint density at radius 1 is 0.763 bits per heavy atom. The second-order valence-corrected chi connectivity index (χ2v) is 16.1. The number of aromatic amines is 2. The van der Waals surface area contributed by atoms with Crippen LogP contribution < -0.4 is 11.1 Å². The molecule has 2 saturated heterocycles. The monoisotopic (exact) mass is 788 g/mol. The zero-order chi connectivity index (χ0) is 40.8. The highest BCUT2D eigenvalue weighted by atomic mass is 16.5. The molecule has 0 aliphatic carbocycles. The van der Waals surface area contributed by atoms with E-state index in [4.69, 9.17) is 20.4 Å². The van der Waals surface area contributed by atoms with E-state index in [-0.39, 0.29) is 29.8 Å². The molecular weight excluding hydrogens is 741 g/mol. The number of likely N-dealkylation sites (tertiary alicyclic amines) is 2. The Morgan fingerprint density at radius 2 is 1.39 bits per heavy atom. The van der Waals surface area contributed by atoms with Crippen LogP contribution in [0.3, 0.4) is 0 Å². The number of H-pyrrole nitrogens is 2. The lowest BCUT2D eigenvalue weighted by molar-refractivity contribution is -0.135. The van der Waals surface area contributed by atoms with Crippen molar-refractivity contribution < 1.29 is 19.1 Å². The normalized spacial score (nSPS) is 17.9. The van der Waals surface area contributed by atoms with E-state index in [1.807, 2.05) is 60.2 Å². The molecule has 9 rings (SSSR count). The number of nitrogens with two attached hydrogens (primary N) is 1. The van der Waals surface area contributed by atoms with E-state index in [1.54, 1.807) is 0 Å². The first-order valence-corrected chi connectivity index (χ1v) is 20.4. The molecule has 12 heteroatoms. The van der Waals surface area contributed by atoms with Gasteiger partial charge in [-0.05, 0) is 88.7 Å². The Kier molecular flexibility index (Phi) is 10.1. The second-order valence-electron chi connectivity index (χ2n) is 16.1. The van der Waals surface area contributed by atoms with Gasteiger partial charge in [-0.25, -0.2) is 14.8 Å². The molecule has 4 atom stereocenters. The molecule has 2 fully saturated rings. The van der Waals surface area contributed by atoms with Gasteiger partial charge in [0.05, 0.1) is 42.1 Å². The van der Waals surface area contributed by atoms with Crippen molar-refractivity contribution in [1.82, 2.24) is 35.1 Å². The van der Waals surface area contributed by atoms with E-state index in [9.17, 15) is 14.4 Å². The fourth-order valence-electron chi connectivity index (χ4n) is 8.89. The summed E-state index contributed by atoms with van der Waals surface area (Å²) in [6.07, 6.45) is 4.62. The van der Waals surface area contributed by atoms with Crippen molar-refractivity contribution in [3.05, 3.63) is 120 Å². The van der Waals surface area contributed by atoms with E-state index in [1.165, 1.54) is 7.11 Å². The molecule has 300 valence electrons. The topological polar surface area (TPSA) is 162 Å². The van der Waals surface area contributed by atoms with Crippen LogP contribution >= 0.6 is 0 Å². The average molecular weight is 789 g/mol. The van der Waals surface area contributed by atoms with Crippen molar-refractivity contribution >= 4 is 50.5 Å². The summed E-state index contributed by atoms with van der Waals surface area (Å²) in [5.41, 5.74) is 13.1. The third kappa shape index (κ3) is 7.18. The van der Waals surface area contributed by atoms with Crippen molar-refractivity contribution in [2.45, 2.75) is 63.7 Å². The number of benzene rings is 5. The van der Waals surface area contributed by atoms with Crippen LogP contribution in [0, 0.1) is 5.92 Å². The van der Waals surface area contributed by atoms with E-state index in [0.717, 1.165) is 97.9 Å². The van der Waals surface area contributed by atoms with Crippen molar-refractivity contribution in [3.8, 4) is 22.4 Å². The maximum absolute atomic E-state index is 13.7. The van der Waals surface area contributed by atoms with Gasteiger partial charge in [0.2, 0.25) is 11.8 Å². The quantitative estimate of drug-likeness (QED) is 0.114. The van der Waals surface area contributed by atoms with Gasteiger partial charge >= 0.3 is 6.09 Å². The molecule has 2 aliphatic rings. The highest BCUT2D eigenvalue weighted by Gasteiger charge is 2.38. The van der Waals surface area contributed by atoms with Crippen LogP contribution in [-0.4, -0.2) is 73.9 Å². The number of carbonyl (C=O) groups is 3. The van der Waals surface area contributed by atoms with Gasteiger partial charge in [0.1, 0.15) is 23.7 Å². The van der Waals surface area contributed by atoms with E-state index >= 15 is 0 Å². The maximum Gasteiger partial charge on any atom is 0.407 e. The minimum Gasteiger partial charge on any atom is -0.453 e. The number of methoxy groups -OCH3 is 1. The zero-order valence-electron chi connectivity index (χ0n) is 33.4. The standard InChI is InChI=1S/C47H48N8O4/c1-27(2)41(53-47(58)59-3)46(57)55-22-8-12-39(55)44-50-36-20-18-33-24-32(17-19-35(33)42(36)52-44)29-13-14-31-25-34(16-15-30(31)23-29)37-26-49-43(51-37)38-11-7-21-54(38)45(56)40(48)28-9-5-4-6-10-28/h4-6,9-10,13-20,23-27,38-41H,7-8,11-12,21-22,48H2,1-3H3,(H,49,51)(H,50,52)(H,53,58)/t38-,39?,40+,41-/m0/s1. The number of aromatic nitrogens is 4. The molecule has 2 aliphatic heterocycles. The summed E-state index contributed by atoms with van der Waals surface area (Å²) < 4.78 is 4.79. The molecule has 0 radical (unpaired) electrons. The summed E-state index contributed by atoms with van der Waals surface area (Å²) in [4.78, 5) is 59.8. The van der Waals surface area contributed by atoms with Crippen molar-refractivity contribution in [2.24, 2.45) is 11.7 Å². The Morgan fingerprint density at radius 3 is 2.10 bits per heavy atom. The molecule has 4 heterocycles. The highest BCUT2D eigenvalue weighted by Crippen LogP contribution is 2.37. The number of alkyl carbamates (subject to hydrolysis) is 1. The number of rotatable bonds is 9. The van der Waals surface area contributed by atoms with Gasteiger partial charge in [0, 0.05) is 24.0 Å². The van der Waals surface area contributed by atoms with Gasteiger partial charge in [-0.2, -0.15) is 0 Å². The number of amides is 3. The second kappa shape index (κ2) is 15.7. The predicted octanol–water partition coefficient (Wildman–Crippen LogP) is 8.33. The Labute approximate surface area is 342 Å². The fraction of sp³-hybridized carbons (Fsp3) is 0.298. The number of nitrogens with zero attached hydrogens (tertiary/aromatic N) is 4. The van der Waals surface area contributed by atoms with Crippen LogP contribution in [0.5, 0.6) is 0 Å². The third-order valence-electron chi connectivity index (χ3n) is 12.1. The molecule has 59 heavy (non-hydrogen) atoms. The van der Waals surface area contributed by atoms with Gasteiger partial charge in [0.25, 0.3) is 0 Å². The van der Waals surface area contributed by atoms with Gasteiger partial charge < -0.3 is 35.6 Å². The van der Waals surface area contributed by atoms with Crippen molar-refractivity contribution in [1.29, 1.82) is 0 Å². The number of hydrogen-bond acceptors (Lipinski definition) is 7. The molecule has 0 spiro atoms. The summed E-state index contributed by atoms with van der Waals surface area (Å²) in [7, 11) is 1.30. The molecular formula is C47H48N8O4. The fourth-order valence-corrected chi connectivity index (χ4v) is 8.89. The SMILES string of the molecule is COC(=O)N[C@H](C(=O)N1CCCC1c1nc2c(ccc3cc(-c4ccc5cc(-c6cnc([C@@H]7CCCN7C(=O)[C@H](N)c7ccccc7)[nH]6)ccc5c4)ccc32)[nH]1)C(C)C. The summed E-state index contributed by atoms with van der Waals surface area (Å²) in [6, 6.07) is 31.3. The predicted molar refractivity (Wildman–Crippen MR) is 229 cm³/mol. The lowest BCUT2D eigenvalue weighted by Gasteiger charge is -2.29. The number of carbonyl (C=O) groups excluding carboxylic acids is 3. The van der Waals surface area contributed by atoms with Gasteiger partial charge in [-0.3, -0.25) is 9.59 Å². The molecule has 3 amide bonds. The van der Waals surface area contributed by atoms with Crippen LogP contribution in [0.4, 0.5) is 4.79 Å². The van der Waals surface area contributed by atoms with E-state index < -0.39 is 18.2 Å². The number of fused-ring (bicyclic) bond motifs is 4. The Balaban J connectivity index is 0.927. The molecule has 2 aromatic heterocycles. The lowest BCUT2D eigenvalue weighted by Crippen LogP contribution is -2.51. The summed E-state index contributed by atoms with van der Waals surface area (Å²) in [5, 5.41) is 7.07. The van der Waals surface area contributed by atoms with Gasteiger partial charge in [-0.15, -0.1) is 0 Å². The average Bonchev–Trinajstić information content (AvgIpc) is 4.11. The van der Waals surface area contributed by atoms with Crippen molar-refractivity contribution in [2.75, 3.05) is 20.2 Å². The molecule has 0 bridgehead atoms. The molecule has 7 aromatic rings. The number of ether oxygens (including phenoxy) is 1. The third-order valence-corrected chi connectivity index (χ3v) is 12.1. The number of imidazole rings is 2. The van der Waals surface area contributed by atoms with E-state index in [0.29, 0.717) is 13.1 Å². The van der Waals surface area contributed by atoms with E-state index in [2.05, 4.69) is 82.0 Å². The Hall–Kier alpha value is -6.53. The first-order chi connectivity index (χ1) is 28.7. The highest BCUT2D eigenvalue weighted by molar-refractivity contribution is 6.05. The van der Waals surface area contributed by atoms with Crippen LogP contribution in [0.2, 0.25) is 0 Å². The largest absolute Gasteiger partial charge is 0.453 e. The first kappa shape index (κ1) is 38.0. The number of hydrogen-bond donors (Lipinski definition) is 4. The number of nitrogens with one attached hydrogen (secondary N) is 3. The van der Waals surface area contributed by atoms with Crippen LogP contribution in [-0.2, 0) is 14.3 Å². The summed E-state index contributed by atoms with van der Waals surface area (Å²) in [5.74, 6) is 1.22. The minimum absolute atomic E-state index is 0.0815. The van der Waals surface area contributed by atoms with Crippen LogP contribution in [0.1, 0.15) is 74.9 Å². The van der Waals surface area contributed by atoms with Crippen molar-refractivity contribution in [3.63, 3.8) is 0 Å². The summed E-state index contributed by atoms with van der Waals surface area (Å²) in [6.45, 7) is 5.09. The minimum atomic E-state index is -0.705. The lowest BCUT2D eigenvalue weighted by atomic mass is 9.97. The molecule has 0 saturated carbocycles. The van der Waals surface area contributed by atoms with Gasteiger partial charge in [-0.1, -0.05) is 86.6 Å². The first-order valence-electron chi connectivity index (χ1n) is 20.4. The molecule has 12 nitrogen and oxygen atoms in total. The summed E-state index contributed by atoms with van der Waals surface area (Å²) >= 11 is 0. The molecule has 1 unspecified atom stereocenters. The maximum atomic E-state index is 13.7. The molecule has 5 N–H and O–H groups in total. The molecule has 5 aromatic carbocycles. The van der Waals surface area contributed by atoms with Gasteiger partial charge in [0.15, 0.2) is 0 Å².